The average molecular weight is 415 g/mol. The first-order valence-corrected chi connectivity index (χ1v) is 9.13. The van der Waals surface area contributed by atoms with E-state index in [1.165, 1.54) is 6.07 Å². The van der Waals surface area contributed by atoms with Crippen molar-refractivity contribution < 1.29 is 27.9 Å². The number of amides is 2. The quantitative estimate of drug-likeness (QED) is 0.554. The van der Waals surface area contributed by atoms with Crippen LogP contribution < -0.4 is 10.6 Å². The maximum atomic E-state index is 13.1. The van der Waals surface area contributed by atoms with Crippen LogP contribution in [-0.2, 0) is 25.7 Å². The number of aromatic nitrogens is 1. The number of para-hydroxylation sites is 1. The third-order valence-electron chi connectivity index (χ3n) is 4.25. The van der Waals surface area contributed by atoms with Crippen LogP contribution in [0.1, 0.15) is 6.42 Å². The molecule has 9 heteroatoms. The van der Waals surface area contributed by atoms with Gasteiger partial charge >= 0.3 is 5.97 Å². The summed E-state index contributed by atoms with van der Waals surface area (Å²) in [6.45, 7) is -0.529. The molecular formula is C21H19F2N3O4. The molecule has 2 N–H and O–H groups in total. The van der Waals surface area contributed by atoms with Crippen molar-refractivity contribution in [3.8, 4) is 0 Å². The van der Waals surface area contributed by atoms with Crippen molar-refractivity contribution >= 4 is 34.4 Å². The summed E-state index contributed by atoms with van der Waals surface area (Å²) in [6, 6.07) is 12.6. The molecule has 0 spiro atoms. The van der Waals surface area contributed by atoms with Gasteiger partial charge in [-0.15, -0.1) is 0 Å². The maximum absolute atomic E-state index is 13.1. The molecule has 0 saturated heterocycles. The number of halogens is 2. The number of hydrogen-bond donors (Lipinski definition) is 2. The number of nitrogens with zero attached hydrogens (tertiary/aromatic N) is 1. The zero-order chi connectivity index (χ0) is 21.5. The molecule has 0 atom stereocenters. The molecule has 0 unspecified atom stereocenters. The Balaban J connectivity index is 1.36. The first kappa shape index (κ1) is 21.0. The standard InChI is InChI=1S/C21H19F2N3O4/c22-16-6-5-15(11-17(16)23)25-19(27)12-24-20(28)13-30-21(29)8-10-26-9-7-14-3-1-2-4-18(14)26/h1-7,9,11H,8,10,12-13H2,(H,24,28)(H,25,27). The van der Waals surface area contributed by atoms with E-state index >= 15 is 0 Å². The molecule has 30 heavy (non-hydrogen) atoms. The first-order valence-electron chi connectivity index (χ1n) is 9.13. The number of carbonyl (C=O) groups is 3. The zero-order valence-electron chi connectivity index (χ0n) is 15.9. The molecule has 0 bridgehead atoms. The Kier molecular flexibility index (Phi) is 6.74. The largest absolute Gasteiger partial charge is 0.456 e. The number of aryl methyl sites for hydroxylation is 1. The van der Waals surface area contributed by atoms with Crippen molar-refractivity contribution in [1.82, 2.24) is 9.88 Å². The van der Waals surface area contributed by atoms with Crippen molar-refractivity contribution in [3.63, 3.8) is 0 Å². The highest BCUT2D eigenvalue weighted by molar-refractivity contribution is 5.94. The molecule has 0 radical (unpaired) electrons. The number of fused-ring (bicyclic) bond motifs is 1. The number of ether oxygens (including phenoxy) is 1. The fraction of sp³-hybridized carbons (Fsp3) is 0.190. The molecule has 0 aliphatic rings. The Morgan fingerprint density at radius 1 is 0.967 bits per heavy atom. The Labute approximate surface area is 170 Å². The number of anilines is 1. The molecule has 2 amide bonds. The van der Waals surface area contributed by atoms with Crippen LogP contribution in [0.2, 0.25) is 0 Å². The summed E-state index contributed by atoms with van der Waals surface area (Å²) in [5, 5.41) is 5.65. The van der Waals surface area contributed by atoms with Crippen LogP contribution in [0.25, 0.3) is 10.9 Å². The minimum atomic E-state index is -1.10. The third kappa shape index (κ3) is 5.63. The van der Waals surface area contributed by atoms with Gasteiger partial charge in [-0.25, -0.2) is 8.78 Å². The van der Waals surface area contributed by atoms with Crippen LogP contribution in [0.4, 0.5) is 14.5 Å². The molecule has 156 valence electrons. The van der Waals surface area contributed by atoms with Crippen molar-refractivity contribution in [1.29, 1.82) is 0 Å². The monoisotopic (exact) mass is 415 g/mol. The van der Waals surface area contributed by atoms with Gasteiger partial charge in [-0.2, -0.15) is 0 Å². The summed E-state index contributed by atoms with van der Waals surface area (Å²) in [5.74, 6) is -3.98. The molecule has 0 saturated carbocycles. The number of carbonyl (C=O) groups excluding carboxylic acids is 3. The third-order valence-corrected chi connectivity index (χ3v) is 4.25. The first-order chi connectivity index (χ1) is 14.4. The topological polar surface area (TPSA) is 89.4 Å². The highest BCUT2D eigenvalue weighted by Crippen LogP contribution is 2.15. The summed E-state index contributed by atoms with van der Waals surface area (Å²) >= 11 is 0. The molecule has 3 aromatic rings. The number of hydrogen-bond acceptors (Lipinski definition) is 4. The van der Waals surface area contributed by atoms with E-state index in [1.54, 1.807) is 0 Å². The Bertz CT molecular complexity index is 1080. The molecular weight excluding hydrogens is 396 g/mol. The molecule has 1 aromatic heterocycles. The Hall–Kier alpha value is -3.75. The smallest absolute Gasteiger partial charge is 0.308 e. The summed E-state index contributed by atoms with van der Waals surface area (Å²) in [6.07, 6.45) is 1.96. The fourth-order valence-corrected chi connectivity index (χ4v) is 2.77. The van der Waals surface area contributed by atoms with E-state index in [0.29, 0.717) is 6.54 Å². The van der Waals surface area contributed by atoms with Gasteiger partial charge in [0.1, 0.15) is 0 Å². The lowest BCUT2D eigenvalue weighted by atomic mass is 10.2. The number of esters is 1. The molecule has 0 aliphatic heterocycles. The van der Waals surface area contributed by atoms with Gasteiger partial charge in [0.15, 0.2) is 18.2 Å². The Morgan fingerprint density at radius 2 is 1.77 bits per heavy atom. The average Bonchev–Trinajstić information content (AvgIpc) is 3.15. The molecule has 0 fully saturated rings. The van der Waals surface area contributed by atoms with Crippen molar-refractivity contribution in [2.24, 2.45) is 0 Å². The second-order valence-corrected chi connectivity index (χ2v) is 6.43. The van der Waals surface area contributed by atoms with Crippen LogP contribution in [0, 0.1) is 11.6 Å². The second kappa shape index (κ2) is 9.64. The zero-order valence-corrected chi connectivity index (χ0v) is 15.9. The van der Waals surface area contributed by atoms with Gasteiger partial charge < -0.3 is 19.9 Å². The predicted octanol–water partition coefficient (Wildman–Crippen LogP) is 2.61. The number of nitrogens with one attached hydrogen (secondary N) is 2. The van der Waals surface area contributed by atoms with E-state index in [2.05, 4.69) is 10.6 Å². The van der Waals surface area contributed by atoms with Gasteiger partial charge in [-0.3, -0.25) is 14.4 Å². The van der Waals surface area contributed by atoms with Crippen LogP contribution in [0.3, 0.4) is 0 Å². The van der Waals surface area contributed by atoms with E-state index in [1.807, 2.05) is 41.1 Å². The van der Waals surface area contributed by atoms with E-state index in [4.69, 9.17) is 4.74 Å². The number of benzene rings is 2. The van der Waals surface area contributed by atoms with E-state index < -0.39 is 42.6 Å². The molecule has 2 aromatic carbocycles. The second-order valence-electron chi connectivity index (χ2n) is 6.43. The van der Waals surface area contributed by atoms with E-state index in [-0.39, 0.29) is 12.1 Å². The van der Waals surface area contributed by atoms with E-state index in [9.17, 15) is 23.2 Å². The van der Waals surface area contributed by atoms with E-state index in [0.717, 1.165) is 23.0 Å². The van der Waals surface area contributed by atoms with Gasteiger partial charge in [0.05, 0.1) is 13.0 Å². The van der Waals surface area contributed by atoms with Gasteiger partial charge in [-0.1, -0.05) is 18.2 Å². The van der Waals surface area contributed by atoms with Crippen molar-refractivity contribution in [2.45, 2.75) is 13.0 Å². The molecule has 0 aliphatic carbocycles. The van der Waals surface area contributed by atoms with Crippen LogP contribution in [0.5, 0.6) is 0 Å². The summed E-state index contributed by atoms with van der Waals surface area (Å²) in [4.78, 5) is 35.3. The van der Waals surface area contributed by atoms with Gasteiger partial charge in [0.25, 0.3) is 5.91 Å². The van der Waals surface area contributed by atoms with Crippen molar-refractivity contribution in [3.05, 3.63) is 66.4 Å². The maximum Gasteiger partial charge on any atom is 0.308 e. The molecule has 7 nitrogen and oxygen atoms in total. The van der Waals surface area contributed by atoms with Gasteiger partial charge in [-0.05, 0) is 29.7 Å². The fourth-order valence-electron chi connectivity index (χ4n) is 2.77. The lowest BCUT2D eigenvalue weighted by Crippen LogP contribution is -2.35. The van der Waals surface area contributed by atoms with Crippen LogP contribution in [0.15, 0.2) is 54.7 Å². The lowest BCUT2D eigenvalue weighted by molar-refractivity contribution is -0.148. The summed E-state index contributed by atoms with van der Waals surface area (Å²) in [7, 11) is 0. The highest BCUT2D eigenvalue weighted by Gasteiger charge is 2.11. The van der Waals surface area contributed by atoms with Crippen LogP contribution in [-0.4, -0.2) is 35.5 Å². The normalized spacial score (nSPS) is 10.6. The van der Waals surface area contributed by atoms with Gasteiger partial charge in [0.2, 0.25) is 5.91 Å². The minimum absolute atomic E-state index is 0.0529. The summed E-state index contributed by atoms with van der Waals surface area (Å²) < 4.78 is 32.8. The Morgan fingerprint density at radius 3 is 2.57 bits per heavy atom. The molecule has 3 rings (SSSR count). The SMILES string of the molecule is O=C(COC(=O)CCn1ccc2ccccc21)NCC(=O)Nc1ccc(F)c(F)c1. The van der Waals surface area contributed by atoms with Crippen LogP contribution >= 0.6 is 0 Å². The van der Waals surface area contributed by atoms with Gasteiger partial charge in [0, 0.05) is 30.0 Å². The number of rotatable bonds is 8. The highest BCUT2D eigenvalue weighted by atomic mass is 19.2. The molecule has 1 heterocycles. The lowest BCUT2D eigenvalue weighted by Gasteiger charge is -2.08. The minimum Gasteiger partial charge on any atom is -0.456 e. The summed E-state index contributed by atoms with van der Waals surface area (Å²) in [5.41, 5.74) is 1.05. The predicted molar refractivity (Wildman–Crippen MR) is 106 cm³/mol. The van der Waals surface area contributed by atoms with Crippen molar-refractivity contribution in [2.75, 3.05) is 18.5 Å².